The summed E-state index contributed by atoms with van der Waals surface area (Å²) in [5, 5.41) is 11.3. The van der Waals surface area contributed by atoms with Crippen molar-refractivity contribution in [1.29, 1.82) is 5.41 Å². The van der Waals surface area contributed by atoms with Crippen LogP contribution in [0.3, 0.4) is 0 Å². The summed E-state index contributed by atoms with van der Waals surface area (Å²) in [6, 6.07) is 10.2. The largest absolute Gasteiger partial charge is 0.496 e. The molecular formula is C24H25N3O4. The highest BCUT2D eigenvalue weighted by atomic mass is 16.5. The Hall–Kier alpha value is -3.87. The summed E-state index contributed by atoms with van der Waals surface area (Å²) in [6.07, 6.45) is 6.09. The van der Waals surface area contributed by atoms with Crippen molar-refractivity contribution in [2.75, 3.05) is 26.0 Å². The van der Waals surface area contributed by atoms with Crippen molar-refractivity contribution in [3.05, 3.63) is 76.6 Å². The van der Waals surface area contributed by atoms with Crippen LogP contribution in [0.15, 0.2) is 54.3 Å². The molecule has 0 spiro atoms. The molecule has 7 heteroatoms. The average molecular weight is 419 g/mol. The van der Waals surface area contributed by atoms with Crippen molar-refractivity contribution in [2.45, 2.75) is 13.3 Å². The minimum absolute atomic E-state index is 0.00772. The molecule has 3 rings (SSSR count). The average Bonchev–Trinajstić information content (AvgIpc) is 3.29. The molecule has 160 valence electrons. The molecular weight excluding hydrogens is 394 g/mol. The first-order valence-corrected chi connectivity index (χ1v) is 9.85. The number of nitrogen functional groups attached to an aromatic ring is 1. The molecule has 0 unspecified atom stereocenters. The lowest BCUT2D eigenvalue weighted by Crippen LogP contribution is -2.26. The van der Waals surface area contributed by atoms with Crippen LogP contribution in [0.2, 0.25) is 0 Å². The van der Waals surface area contributed by atoms with Crippen LogP contribution in [-0.4, -0.2) is 37.7 Å². The number of anilines is 1. The Morgan fingerprint density at radius 1 is 1.23 bits per heavy atom. The predicted octanol–water partition coefficient (Wildman–Crippen LogP) is 3.60. The zero-order chi connectivity index (χ0) is 22.4. The molecule has 31 heavy (non-hydrogen) atoms. The molecule has 0 radical (unpaired) electrons. The van der Waals surface area contributed by atoms with Crippen LogP contribution in [-0.2, 0) is 4.74 Å². The summed E-state index contributed by atoms with van der Waals surface area (Å²) in [5.41, 5.74) is 8.61. The van der Waals surface area contributed by atoms with Gasteiger partial charge in [0.05, 0.1) is 37.1 Å². The summed E-state index contributed by atoms with van der Waals surface area (Å²) < 4.78 is 10.9. The second-order valence-corrected chi connectivity index (χ2v) is 7.03. The van der Waals surface area contributed by atoms with E-state index < -0.39 is 0 Å². The van der Waals surface area contributed by atoms with Gasteiger partial charge in [-0.3, -0.25) is 9.59 Å². The van der Waals surface area contributed by atoms with Crippen molar-refractivity contribution in [1.82, 2.24) is 5.32 Å². The lowest BCUT2D eigenvalue weighted by atomic mass is 10.0. The Balaban J connectivity index is 1.82. The van der Waals surface area contributed by atoms with E-state index >= 15 is 0 Å². The SMILES string of the molecule is COc1c(C(=O)NCC2=CCCO2)ccc(N)c1C(=N)/C=C/c1ccc(C(C)=O)cc1. The fourth-order valence-corrected chi connectivity index (χ4v) is 3.21. The van der Waals surface area contributed by atoms with Gasteiger partial charge in [0, 0.05) is 17.7 Å². The van der Waals surface area contributed by atoms with Gasteiger partial charge in [-0.2, -0.15) is 0 Å². The molecule has 0 saturated carbocycles. The van der Waals surface area contributed by atoms with Gasteiger partial charge in [-0.25, -0.2) is 0 Å². The number of amides is 1. The number of nitrogens with one attached hydrogen (secondary N) is 2. The molecule has 2 aromatic rings. The molecule has 0 aliphatic carbocycles. The highest BCUT2D eigenvalue weighted by Gasteiger charge is 2.20. The van der Waals surface area contributed by atoms with Crippen LogP contribution in [0.25, 0.3) is 6.08 Å². The molecule has 0 bridgehead atoms. The third-order valence-electron chi connectivity index (χ3n) is 4.87. The summed E-state index contributed by atoms with van der Waals surface area (Å²) in [4.78, 5) is 24.1. The van der Waals surface area contributed by atoms with Crippen molar-refractivity contribution < 1.29 is 19.1 Å². The number of carbonyl (C=O) groups excluding carboxylic acids is 2. The second-order valence-electron chi connectivity index (χ2n) is 7.03. The van der Waals surface area contributed by atoms with E-state index in [4.69, 9.17) is 20.6 Å². The van der Waals surface area contributed by atoms with Crippen LogP contribution < -0.4 is 15.8 Å². The number of rotatable bonds is 8. The molecule has 7 nitrogen and oxygen atoms in total. The Bertz CT molecular complexity index is 1070. The fraction of sp³-hybridized carbons (Fsp3) is 0.208. The molecule has 1 aliphatic rings. The van der Waals surface area contributed by atoms with E-state index in [1.165, 1.54) is 14.0 Å². The van der Waals surface area contributed by atoms with Gasteiger partial charge < -0.3 is 25.9 Å². The van der Waals surface area contributed by atoms with E-state index in [2.05, 4.69) is 5.32 Å². The van der Waals surface area contributed by atoms with Crippen LogP contribution in [0.5, 0.6) is 5.75 Å². The van der Waals surface area contributed by atoms with E-state index in [9.17, 15) is 9.59 Å². The molecule has 1 heterocycles. The number of benzene rings is 2. The Labute approximate surface area is 181 Å². The van der Waals surface area contributed by atoms with Gasteiger partial charge in [0.25, 0.3) is 5.91 Å². The van der Waals surface area contributed by atoms with Gasteiger partial charge in [0.2, 0.25) is 0 Å². The summed E-state index contributed by atoms with van der Waals surface area (Å²) in [6.45, 7) is 2.42. The third-order valence-corrected chi connectivity index (χ3v) is 4.87. The minimum Gasteiger partial charge on any atom is -0.496 e. The fourth-order valence-electron chi connectivity index (χ4n) is 3.21. The van der Waals surface area contributed by atoms with E-state index in [0.717, 1.165) is 17.7 Å². The number of allylic oxidation sites excluding steroid dienone is 1. The predicted molar refractivity (Wildman–Crippen MR) is 121 cm³/mol. The molecule has 0 atom stereocenters. The standard InChI is InChI=1S/C24H25N3O4/c1-15(28)17-8-5-16(6-9-17)7-11-20(25)22-21(26)12-10-19(23(22)30-2)24(29)27-14-18-4-3-13-31-18/h4-12,25H,3,13-14,26H2,1-2H3,(H,27,29)/b11-7+,25-20?. The minimum atomic E-state index is -0.342. The van der Waals surface area contributed by atoms with Crippen molar-refractivity contribution in [3.63, 3.8) is 0 Å². The lowest BCUT2D eigenvalue weighted by Gasteiger charge is -2.15. The molecule has 2 aromatic carbocycles. The first kappa shape index (κ1) is 21.8. The normalized spacial score (nSPS) is 12.9. The van der Waals surface area contributed by atoms with E-state index in [1.54, 1.807) is 48.6 Å². The number of nitrogens with two attached hydrogens (primary N) is 1. The number of methoxy groups -OCH3 is 1. The molecule has 0 saturated heterocycles. The maximum Gasteiger partial charge on any atom is 0.255 e. The molecule has 4 N–H and O–H groups in total. The molecule has 0 aromatic heterocycles. The lowest BCUT2D eigenvalue weighted by molar-refractivity contribution is 0.0945. The number of hydrogen-bond donors (Lipinski definition) is 3. The van der Waals surface area contributed by atoms with Gasteiger partial charge in [0.1, 0.15) is 11.5 Å². The van der Waals surface area contributed by atoms with Crippen LogP contribution in [0, 0.1) is 5.41 Å². The molecule has 1 amide bonds. The topological polar surface area (TPSA) is 114 Å². The van der Waals surface area contributed by atoms with Gasteiger partial charge in [-0.1, -0.05) is 30.3 Å². The molecule has 1 aliphatic heterocycles. The smallest absolute Gasteiger partial charge is 0.255 e. The summed E-state index contributed by atoms with van der Waals surface area (Å²) in [7, 11) is 1.44. The summed E-state index contributed by atoms with van der Waals surface area (Å²) >= 11 is 0. The number of ketones is 1. The summed E-state index contributed by atoms with van der Waals surface area (Å²) in [5.74, 6) is 0.618. The number of hydrogen-bond acceptors (Lipinski definition) is 6. The first-order chi connectivity index (χ1) is 14.9. The van der Waals surface area contributed by atoms with Gasteiger partial charge in [-0.05, 0) is 36.8 Å². The van der Waals surface area contributed by atoms with Gasteiger partial charge >= 0.3 is 0 Å². The number of carbonyl (C=O) groups is 2. The highest BCUT2D eigenvalue weighted by Crippen LogP contribution is 2.30. The number of Topliss-reactive ketones (excluding diaryl/α,β-unsaturated/α-hetero) is 1. The Kier molecular flexibility index (Phi) is 6.87. The van der Waals surface area contributed by atoms with E-state index in [-0.39, 0.29) is 35.3 Å². The van der Waals surface area contributed by atoms with Crippen LogP contribution >= 0.6 is 0 Å². The van der Waals surface area contributed by atoms with Crippen molar-refractivity contribution in [3.8, 4) is 5.75 Å². The van der Waals surface area contributed by atoms with Gasteiger partial charge in [0.15, 0.2) is 5.78 Å². The monoisotopic (exact) mass is 419 g/mol. The second kappa shape index (κ2) is 9.75. The maximum absolute atomic E-state index is 12.7. The Morgan fingerprint density at radius 2 is 1.97 bits per heavy atom. The Morgan fingerprint density at radius 3 is 2.58 bits per heavy atom. The third kappa shape index (κ3) is 5.19. The van der Waals surface area contributed by atoms with Crippen LogP contribution in [0.1, 0.15) is 45.2 Å². The van der Waals surface area contributed by atoms with Crippen molar-refractivity contribution >= 4 is 29.2 Å². The maximum atomic E-state index is 12.7. The van der Waals surface area contributed by atoms with Crippen molar-refractivity contribution in [2.24, 2.45) is 0 Å². The van der Waals surface area contributed by atoms with E-state index in [1.807, 2.05) is 6.08 Å². The van der Waals surface area contributed by atoms with Gasteiger partial charge in [-0.15, -0.1) is 0 Å². The molecule has 0 fully saturated rings. The van der Waals surface area contributed by atoms with Crippen LogP contribution in [0.4, 0.5) is 5.69 Å². The van der Waals surface area contributed by atoms with E-state index in [0.29, 0.717) is 23.4 Å². The quantitative estimate of drug-likeness (QED) is 0.344. The highest BCUT2D eigenvalue weighted by molar-refractivity contribution is 6.15. The zero-order valence-electron chi connectivity index (χ0n) is 17.5. The number of ether oxygens (including phenoxy) is 2. The zero-order valence-corrected chi connectivity index (χ0v) is 17.5. The first-order valence-electron chi connectivity index (χ1n) is 9.85.